The van der Waals surface area contributed by atoms with Gasteiger partial charge in [0.1, 0.15) is 11.6 Å². The van der Waals surface area contributed by atoms with Crippen molar-refractivity contribution in [3.8, 4) is 0 Å². The Balaban J connectivity index is 2.19. The van der Waals surface area contributed by atoms with Crippen LogP contribution in [0.5, 0.6) is 0 Å². The first-order chi connectivity index (χ1) is 9.10. The molecule has 0 unspecified atom stereocenters. The maximum atomic E-state index is 13.1. The largest absolute Gasteiger partial charge is 0.355 e. The van der Waals surface area contributed by atoms with E-state index in [0.717, 1.165) is 10.0 Å². The van der Waals surface area contributed by atoms with E-state index < -0.39 is 0 Å². The van der Waals surface area contributed by atoms with E-state index in [9.17, 15) is 4.39 Å². The van der Waals surface area contributed by atoms with Crippen molar-refractivity contribution in [2.45, 2.75) is 12.4 Å². The average molecular weight is 344 g/mol. The van der Waals surface area contributed by atoms with E-state index in [1.807, 2.05) is 36.2 Å². The van der Waals surface area contributed by atoms with Crippen LogP contribution in [0.15, 0.2) is 41.0 Å². The Bertz CT molecular complexity index is 560. The second-order valence-corrected chi connectivity index (χ2v) is 5.44. The number of halogens is 3. The van der Waals surface area contributed by atoms with Gasteiger partial charge in [-0.05, 0) is 23.8 Å². The molecule has 2 aromatic rings. The normalized spacial score (nSPS) is 10.5. The highest BCUT2D eigenvalue weighted by Crippen LogP contribution is 2.21. The average Bonchev–Trinajstić information content (AvgIpc) is 2.41. The Morgan fingerprint density at radius 3 is 2.63 bits per heavy atom. The van der Waals surface area contributed by atoms with Crippen LogP contribution in [0.4, 0.5) is 10.2 Å². The van der Waals surface area contributed by atoms with Crippen molar-refractivity contribution in [1.29, 1.82) is 0 Å². The van der Waals surface area contributed by atoms with Gasteiger partial charge in [0, 0.05) is 23.6 Å². The van der Waals surface area contributed by atoms with Gasteiger partial charge in [0.15, 0.2) is 0 Å². The first-order valence-electron chi connectivity index (χ1n) is 5.76. The maximum Gasteiger partial charge on any atom is 0.141 e. The van der Waals surface area contributed by atoms with E-state index in [4.69, 9.17) is 11.6 Å². The minimum atomic E-state index is -0.364. The Morgan fingerprint density at radius 2 is 2.00 bits per heavy atom. The lowest BCUT2D eigenvalue weighted by molar-refractivity contribution is 0.619. The molecule has 2 nitrogen and oxygen atoms in total. The molecule has 5 heteroatoms. The van der Waals surface area contributed by atoms with Crippen LogP contribution in [-0.2, 0) is 12.4 Å². The molecule has 0 radical (unpaired) electrons. The van der Waals surface area contributed by atoms with E-state index in [1.54, 1.807) is 0 Å². The first kappa shape index (κ1) is 14.3. The molecule has 19 heavy (non-hydrogen) atoms. The SMILES string of the molecule is CN(Cc1ccc(Br)cc1)c1ncc(F)cc1CCl. The molecule has 0 aliphatic carbocycles. The van der Waals surface area contributed by atoms with E-state index in [-0.39, 0.29) is 11.7 Å². The second-order valence-electron chi connectivity index (χ2n) is 4.25. The molecular formula is C14H13BrClFN2. The molecular weight excluding hydrogens is 331 g/mol. The van der Waals surface area contributed by atoms with E-state index in [1.165, 1.54) is 12.3 Å². The van der Waals surface area contributed by atoms with Crippen molar-refractivity contribution < 1.29 is 4.39 Å². The number of nitrogens with zero attached hydrogens (tertiary/aromatic N) is 2. The molecule has 0 aliphatic rings. The van der Waals surface area contributed by atoms with Crippen LogP contribution in [0, 0.1) is 5.82 Å². The van der Waals surface area contributed by atoms with Crippen LogP contribution in [0.2, 0.25) is 0 Å². The predicted octanol–water partition coefficient (Wildman–Crippen LogP) is 4.36. The fourth-order valence-electron chi connectivity index (χ4n) is 1.85. The van der Waals surface area contributed by atoms with Gasteiger partial charge in [-0.15, -0.1) is 11.6 Å². The van der Waals surface area contributed by atoms with Crippen molar-refractivity contribution in [1.82, 2.24) is 4.98 Å². The summed E-state index contributed by atoms with van der Waals surface area (Å²) in [5.74, 6) is 0.584. The van der Waals surface area contributed by atoms with Gasteiger partial charge in [0.2, 0.25) is 0 Å². The molecule has 0 saturated heterocycles. The van der Waals surface area contributed by atoms with Crippen molar-refractivity contribution in [2.24, 2.45) is 0 Å². The molecule has 0 bridgehead atoms. The van der Waals surface area contributed by atoms with Crippen molar-refractivity contribution in [3.63, 3.8) is 0 Å². The van der Waals surface area contributed by atoms with E-state index in [2.05, 4.69) is 20.9 Å². The number of aromatic nitrogens is 1. The molecule has 0 atom stereocenters. The minimum absolute atomic E-state index is 0.241. The summed E-state index contributed by atoms with van der Waals surface area (Å²) in [4.78, 5) is 6.08. The lowest BCUT2D eigenvalue weighted by Crippen LogP contribution is -2.19. The number of anilines is 1. The van der Waals surface area contributed by atoms with Gasteiger partial charge in [-0.1, -0.05) is 28.1 Å². The maximum absolute atomic E-state index is 13.1. The summed E-state index contributed by atoms with van der Waals surface area (Å²) in [6.07, 6.45) is 1.21. The molecule has 1 aromatic carbocycles. The summed E-state index contributed by atoms with van der Waals surface area (Å²) < 4.78 is 14.2. The Hall–Kier alpha value is -1.13. The number of rotatable bonds is 4. The van der Waals surface area contributed by atoms with Gasteiger partial charge in [-0.25, -0.2) is 9.37 Å². The van der Waals surface area contributed by atoms with Gasteiger partial charge < -0.3 is 4.90 Å². The Labute approximate surface area is 125 Å². The molecule has 1 heterocycles. The van der Waals surface area contributed by atoms with Crippen molar-refractivity contribution >= 4 is 33.3 Å². The topological polar surface area (TPSA) is 16.1 Å². The second kappa shape index (κ2) is 6.35. The number of hydrogen-bond acceptors (Lipinski definition) is 2. The Kier molecular flexibility index (Phi) is 4.77. The van der Waals surface area contributed by atoms with E-state index >= 15 is 0 Å². The van der Waals surface area contributed by atoms with Crippen LogP contribution in [0.3, 0.4) is 0 Å². The zero-order valence-corrected chi connectivity index (χ0v) is 12.7. The highest BCUT2D eigenvalue weighted by Gasteiger charge is 2.10. The first-order valence-corrected chi connectivity index (χ1v) is 7.09. The molecule has 0 spiro atoms. The molecule has 100 valence electrons. The van der Waals surface area contributed by atoms with E-state index in [0.29, 0.717) is 17.9 Å². The molecule has 0 fully saturated rings. The highest BCUT2D eigenvalue weighted by atomic mass is 79.9. The van der Waals surface area contributed by atoms with Gasteiger partial charge in [0.25, 0.3) is 0 Å². The standard InChI is InChI=1S/C14H13BrClFN2/c1-19(9-10-2-4-12(15)5-3-10)14-11(7-16)6-13(17)8-18-14/h2-6,8H,7,9H2,1H3. The Morgan fingerprint density at radius 1 is 1.32 bits per heavy atom. The summed E-state index contributed by atoms with van der Waals surface area (Å²) in [6.45, 7) is 0.690. The van der Waals surface area contributed by atoms with Gasteiger partial charge in [-0.2, -0.15) is 0 Å². The third-order valence-electron chi connectivity index (χ3n) is 2.75. The highest BCUT2D eigenvalue weighted by molar-refractivity contribution is 9.10. The minimum Gasteiger partial charge on any atom is -0.355 e. The molecule has 2 rings (SSSR count). The lowest BCUT2D eigenvalue weighted by Gasteiger charge is -2.20. The van der Waals surface area contributed by atoms with Crippen molar-refractivity contribution in [3.05, 3.63) is 57.9 Å². The number of hydrogen-bond donors (Lipinski definition) is 0. The molecule has 0 aliphatic heterocycles. The predicted molar refractivity (Wildman–Crippen MR) is 80.0 cm³/mol. The number of pyridine rings is 1. The lowest BCUT2D eigenvalue weighted by atomic mass is 10.2. The van der Waals surface area contributed by atoms with Crippen LogP contribution in [0.1, 0.15) is 11.1 Å². The number of alkyl halides is 1. The monoisotopic (exact) mass is 342 g/mol. The number of benzene rings is 1. The zero-order chi connectivity index (χ0) is 13.8. The molecule has 0 amide bonds. The van der Waals surface area contributed by atoms with Gasteiger partial charge in [0.05, 0.1) is 12.1 Å². The van der Waals surface area contributed by atoms with Crippen LogP contribution >= 0.6 is 27.5 Å². The molecule has 0 saturated carbocycles. The third-order valence-corrected chi connectivity index (χ3v) is 3.56. The summed E-state index contributed by atoms with van der Waals surface area (Å²) >= 11 is 9.23. The third kappa shape index (κ3) is 3.67. The fraction of sp³-hybridized carbons (Fsp3) is 0.214. The van der Waals surface area contributed by atoms with Crippen LogP contribution in [-0.4, -0.2) is 12.0 Å². The van der Waals surface area contributed by atoms with Crippen molar-refractivity contribution in [2.75, 3.05) is 11.9 Å². The quantitative estimate of drug-likeness (QED) is 0.767. The van der Waals surface area contributed by atoms with Gasteiger partial charge >= 0.3 is 0 Å². The molecule has 0 N–H and O–H groups in total. The van der Waals surface area contributed by atoms with Crippen LogP contribution in [0.25, 0.3) is 0 Å². The summed E-state index contributed by atoms with van der Waals surface area (Å²) in [5, 5.41) is 0. The summed E-state index contributed by atoms with van der Waals surface area (Å²) in [6, 6.07) is 9.47. The summed E-state index contributed by atoms with van der Waals surface area (Å²) in [7, 11) is 1.92. The smallest absolute Gasteiger partial charge is 0.141 e. The fourth-order valence-corrected chi connectivity index (χ4v) is 2.32. The van der Waals surface area contributed by atoms with Gasteiger partial charge in [-0.3, -0.25) is 0 Å². The molecule has 1 aromatic heterocycles. The summed E-state index contributed by atoms with van der Waals surface area (Å²) in [5.41, 5.74) is 1.85. The zero-order valence-electron chi connectivity index (χ0n) is 10.4. The van der Waals surface area contributed by atoms with Crippen LogP contribution < -0.4 is 4.90 Å².